The first-order valence-corrected chi connectivity index (χ1v) is 17.7. The molecule has 52 heavy (non-hydrogen) atoms. The lowest BCUT2D eigenvalue weighted by Gasteiger charge is -2.47. The minimum Gasteiger partial charge on any atom is -0.497 e. The summed E-state index contributed by atoms with van der Waals surface area (Å²) in [7, 11) is 3.27. The number of aromatic nitrogens is 2. The molecule has 0 aliphatic heterocycles. The van der Waals surface area contributed by atoms with E-state index in [4.69, 9.17) is 19.4 Å². The molecule has 1 aliphatic rings. The van der Waals surface area contributed by atoms with Crippen LogP contribution in [-0.4, -0.2) is 48.6 Å². The number of ether oxygens (including phenoxy) is 2. The van der Waals surface area contributed by atoms with Crippen LogP contribution in [0.25, 0.3) is 44.3 Å². The van der Waals surface area contributed by atoms with Crippen molar-refractivity contribution in [3.63, 3.8) is 0 Å². The van der Waals surface area contributed by atoms with Crippen molar-refractivity contribution in [1.29, 1.82) is 0 Å². The number of carbonyl (C=O) groups is 2. The van der Waals surface area contributed by atoms with E-state index in [1.165, 1.54) is 0 Å². The summed E-state index contributed by atoms with van der Waals surface area (Å²) in [5.74, 6) is 1.16. The van der Waals surface area contributed by atoms with Crippen LogP contribution in [0.4, 0.5) is 0 Å². The van der Waals surface area contributed by atoms with E-state index in [0.717, 1.165) is 63.7 Å². The molecule has 4 aromatic carbocycles. The van der Waals surface area contributed by atoms with Crippen molar-refractivity contribution in [3.05, 3.63) is 120 Å². The van der Waals surface area contributed by atoms with E-state index in [-0.39, 0.29) is 28.7 Å². The molecule has 2 N–H and O–H groups in total. The maximum atomic E-state index is 14.2. The number of hydrogen-bond donors (Lipinski definition) is 2. The highest BCUT2D eigenvalue weighted by Gasteiger charge is 2.42. The Morgan fingerprint density at radius 2 is 1.19 bits per heavy atom. The molecular weight excluding hydrogens is 649 g/mol. The molecular formula is C44H44N4O4. The van der Waals surface area contributed by atoms with Crippen LogP contribution >= 0.6 is 0 Å². The summed E-state index contributed by atoms with van der Waals surface area (Å²) in [6.07, 6.45) is 2.45. The molecule has 0 bridgehead atoms. The average molecular weight is 693 g/mol. The van der Waals surface area contributed by atoms with Crippen LogP contribution < -0.4 is 20.1 Å². The Morgan fingerprint density at radius 1 is 0.673 bits per heavy atom. The molecule has 2 amide bonds. The molecule has 8 heteroatoms. The van der Waals surface area contributed by atoms with Gasteiger partial charge in [0, 0.05) is 34.5 Å². The number of methoxy groups -OCH3 is 2. The average Bonchev–Trinajstić information content (AvgIpc) is 3.15. The zero-order chi connectivity index (χ0) is 36.5. The molecule has 6 aromatic rings. The minimum atomic E-state index is -0.264. The number of hydrogen-bond acceptors (Lipinski definition) is 6. The molecule has 8 nitrogen and oxygen atoms in total. The molecule has 7 rings (SSSR count). The number of para-hydroxylation sites is 2. The van der Waals surface area contributed by atoms with Crippen LogP contribution in [0, 0.1) is 10.8 Å². The smallest absolute Gasteiger partial charge is 0.252 e. The SMILES string of the molecule is COc1cccc(-c2cc(C(=O)NCC3(C)CC(NC(=O)c4cc(-c5cccc(OC)c5)nc5ccccc45)CC(C)(C)C3)c3ccccc3n2)c1. The Morgan fingerprint density at radius 3 is 1.73 bits per heavy atom. The third-order valence-electron chi connectivity index (χ3n) is 10.1. The van der Waals surface area contributed by atoms with Gasteiger partial charge in [0.05, 0.1) is 47.8 Å². The van der Waals surface area contributed by atoms with Gasteiger partial charge in [0.25, 0.3) is 11.8 Å². The van der Waals surface area contributed by atoms with E-state index in [2.05, 4.69) is 31.4 Å². The van der Waals surface area contributed by atoms with Crippen molar-refractivity contribution < 1.29 is 19.1 Å². The molecule has 1 aliphatic carbocycles. The third-order valence-corrected chi connectivity index (χ3v) is 10.1. The van der Waals surface area contributed by atoms with Crippen LogP contribution in [0.5, 0.6) is 11.5 Å². The Bertz CT molecular complexity index is 2300. The van der Waals surface area contributed by atoms with Gasteiger partial charge in [-0.1, -0.05) is 81.4 Å². The van der Waals surface area contributed by atoms with Crippen LogP contribution in [0.2, 0.25) is 0 Å². The first-order valence-electron chi connectivity index (χ1n) is 17.7. The lowest BCUT2D eigenvalue weighted by Crippen LogP contribution is -2.50. The highest BCUT2D eigenvalue weighted by atomic mass is 16.5. The summed E-state index contributed by atoms with van der Waals surface area (Å²) in [5, 5.41) is 8.27. The van der Waals surface area contributed by atoms with E-state index < -0.39 is 0 Å². The Hall–Kier alpha value is -5.76. The van der Waals surface area contributed by atoms with Crippen LogP contribution in [0.1, 0.15) is 60.7 Å². The second-order valence-electron chi connectivity index (χ2n) is 15.0. The van der Waals surface area contributed by atoms with Crippen molar-refractivity contribution >= 4 is 33.6 Å². The van der Waals surface area contributed by atoms with Gasteiger partial charge >= 0.3 is 0 Å². The summed E-state index contributed by atoms with van der Waals surface area (Å²) in [6, 6.07) is 34.5. The topological polar surface area (TPSA) is 102 Å². The standard InChI is InChI=1S/C44H44N4O4/c1-43(2)24-30(46-42(50)36-23-40(29-13-11-15-32(21-29)52-5)48-38-19-9-7-17-34(36)38)25-44(3,26-43)27-45-41(49)35-22-39(28-12-10-14-31(20-28)51-4)47-37-18-8-6-16-33(35)37/h6-23,30H,24-27H2,1-5H3,(H,45,49)(H,46,50). The van der Waals surface area contributed by atoms with Gasteiger partial charge in [0.15, 0.2) is 0 Å². The van der Waals surface area contributed by atoms with Gasteiger partial charge in [-0.25, -0.2) is 9.97 Å². The van der Waals surface area contributed by atoms with E-state index in [9.17, 15) is 9.59 Å². The second-order valence-corrected chi connectivity index (χ2v) is 15.0. The number of carbonyl (C=O) groups excluding carboxylic acids is 2. The summed E-state index contributed by atoms with van der Waals surface area (Å²) in [4.78, 5) is 38.0. The fraction of sp³-hybridized carbons (Fsp3) is 0.273. The van der Waals surface area contributed by atoms with Gasteiger partial charge < -0.3 is 20.1 Å². The molecule has 2 unspecified atom stereocenters. The molecule has 0 saturated heterocycles. The number of nitrogens with zero attached hydrogens (tertiary/aromatic N) is 2. The fourth-order valence-electron chi connectivity index (χ4n) is 8.11. The minimum absolute atomic E-state index is 0.0648. The van der Waals surface area contributed by atoms with Crippen LogP contribution in [-0.2, 0) is 0 Å². The normalized spacial score (nSPS) is 18.1. The maximum absolute atomic E-state index is 14.2. The second kappa shape index (κ2) is 14.1. The maximum Gasteiger partial charge on any atom is 0.252 e. The first-order chi connectivity index (χ1) is 25.0. The highest BCUT2D eigenvalue weighted by molar-refractivity contribution is 6.08. The largest absolute Gasteiger partial charge is 0.497 e. The van der Waals surface area contributed by atoms with Crippen LogP contribution in [0.15, 0.2) is 109 Å². The summed E-state index contributed by atoms with van der Waals surface area (Å²) in [5.41, 5.74) is 5.48. The summed E-state index contributed by atoms with van der Waals surface area (Å²) >= 11 is 0. The lowest BCUT2D eigenvalue weighted by atomic mass is 9.62. The van der Waals surface area contributed by atoms with Crippen molar-refractivity contribution in [2.75, 3.05) is 20.8 Å². The van der Waals surface area contributed by atoms with E-state index in [0.29, 0.717) is 29.1 Å². The zero-order valence-electron chi connectivity index (χ0n) is 30.3. The van der Waals surface area contributed by atoms with Gasteiger partial charge in [-0.05, 0) is 78.6 Å². The van der Waals surface area contributed by atoms with Crippen molar-refractivity contribution in [3.8, 4) is 34.0 Å². The lowest BCUT2D eigenvalue weighted by molar-refractivity contribution is 0.0593. The molecule has 1 saturated carbocycles. The number of rotatable bonds is 9. The molecule has 2 atom stereocenters. The molecule has 0 radical (unpaired) electrons. The zero-order valence-corrected chi connectivity index (χ0v) is 30.3. The highest BCUT2D eigenvalue weighted by Crippen LogP contribution is 2.46. The Kier molecular flexibility index (Phi) is 9.40. The van der Waals surface area contributed by atoms with Gasteiger partial charge in [0.2, 0.25) is 0 Å². The molecule has 264 valence electrons. The quantitative estimate of drug-likeness (QED) is 0.157. The van der Waals surface area contributed by atoms with E-state index in [1.807, 2.05) is 109 Å². The molecule has 2 aromatic heterocycles. The number of pyridine rings is 2. The van der Waals surface area contributed by atoms with Crippen molar-refractivity contribution in [1.82, 2.24) is 20.6 Å². The predicted molar refractivity (Wildman–Crippen MR) is 207 cm³/mol. The number of amides is 2. The molecule has 1 fully saturated rings. The monoisotopic (exact) mass is 692 g/mol. The van der Waals surface area contributed by atoms with Crippen molar-refractivity contribution in [2.24, 2.45) is 10.8 Å². The van der Waals surface area contributed by atoms with Gasteiger partial charge in [-0.3, -0.25) is 9.59 Å². The van der Waals surface area contributed by atoms with E-state index >= 15 is 0 Å². The fourth-order valence-corrected chi connectivity index (χ4v) is 8.11. The van der Waals surface area contributed by atoms with Gasteiger partial charge in [-0.15, -0.1) is 0 Å². The first kappa shape index (κ1) is 34.7. The Labute approximate surface area is 304 Å². The number of benzene rings is 4. The third kappa shape index (κ3) is 7.33. The summed E-state index contributed by atoms with van der Waals surface area (Å²) in [6.45, 7) is 7.16. The Balaban J connectivity index is 1.12. The number of nitrogens with one attached hydrogen (secondary N) is 2. The van der Waals surface area contributed by atoms with E-state index in [1.54, 1.807) is 14.2 Å². The molecule has 0 spiro atoms. The van der Waals surface area contributed by atoms with Crippen molar-refractivity contribution in [2.45, 2.75) is 46.1 Å². The molecule has 2 heterocycles. The number of fused-ring (bicyclic) bond motifs is 2. The van der Waals surface area contributed by atoms with Gasteiger partial charge in [-0.2, -0.15) is 0 Å². The summed E-state index contributed by atoms with van der Waals surface area (Å²) < 4.78 is 10.9. The van der Waals surface area contributed by atoms with Gasteiger partial charge in [0.1, 0.15) is 11.5 Å². The predicted octanol–water partition coefficient (Wildman–Crippen LogP) is 8.88. The van der Waals surface area contributed by atoms with Crippen LogP contribution in [0.3, 0.4) is 0 Å².